The van der Waals surface area contributed by atoms with Gasteiger partial charge in [0, 0.05) is 24.7 Å². The van der Waals surface area contributed by atoms with Crippen molar-refractivity contribution in [2.75, 3.05) is 23.8 Å². The molecule has 1 saturated carbocycles. The van der Waals surface area contributed by atoms with Gasteiger partial charge in [0.05, 0.1) is 18.0 Å². The molecule has 1 fully saturated rings. The first kappa shape index (κ1) is 13.0. The second-order valence-corrected chi connectivity index (χ2v) is 4.71. The van der Waals surface area contributed by atoms with Crippen LogP contribution >= 0.6 is 0 Å². The van der Waals surface area contributed by atoms with Gasteiger partial charge >= 0.3 is 0 Å². The molecule has 0 radical (unpaired) electrons. The van der Waals surface area contributed by atoms with E-state index in [1.807, 2.05) is 6.92 Å². The highest BCUT2D eigenvalue weighted by Crippen LogP contribution is 2.37. The van der Waals surface area contributed by atoms with Crippen LogP contribution in [0, 0.1) is 5.82 Å². The molecule has 0 spiro atoms. The number of rotatable bonds is 6. The van der Waals surface area contributed by atoms with Gasteiger partial charge in [0.1, 0.15) is 0 Å². The summed E-state index contributed by atoms with van der Waals surface area (Å²) < 4.78 is 19.1. The van der Waals surface area contributed by atoms with Crippen LogP contribution in [0.2, 0.25) is 0 Å². The molecule has 2 N–H and O–H groups in total. The number of halogens is 1. The molecule has 0 aliphatic heterocycles. The molecule has 0 amide bonds. The van der Waals surface area contributed by atoms with Crippen molar-refractivity contribution in [3.8, 4) is 5.75 Å². The van der Waals surface area contributed by atoms with Gasteiger partial charge in [0.25, 0.3) is 0 Å². The Balaban J connectivity index is 2.27. The van der Waals surface area contributed by atoms with Crippen LogP contribution < -0.4 is 15.4 Å². The summed E-state index contributed by atoms with van der Waals surface area (Å²) in [6, 6.07) is 3.66. The first-order valence-electron chi connectivity index (χ1n) is 6.65. The number of anilines is 2. The molecule has 0 heterocycles. The quantitative estimate of drug-likeness (QED) is 0.790. The molecule has 1 aliphatic rings. The van der Waals surface area contributed by atoms with Gasteiger partial charge < -0.3 is 15.4 Å². The number of hydrogen-bond acceptors (Lipinski definition) is 3. The largest absolute Gasteiger partial charge is 0.490 e. The minimum atomic E-state index is -0.378. The fourth-order valence-electron chi connectivity index (χ4n) is 2.14. The van der Waals surface area contributed by atoms with Crippen molar-refractivity contribution < 1.29 is 9.13 Å². The molecule has 4 heteroatoms. The standard InChI is InChI=1S/C14H21FN2O/c1-3-7-18-14-9-13(12(16)8-11(14)15)17(4-2)10-5-6-10/h8-10H,3-7,16H2,1-2H3. The fraction of sp³-hybridized carbons (Fsp3) is 0.571. The number of nitrogen functional groups attached to an aromatic ring is 1. The van der Waals surface area contributed by atoms with Gasteiger partial charge in [-0.25, -0.2) is 4.39 Å². The van der Waals surface area contributed by atoms with E-state index in [-0.39, 0.29) is 5.82 Å². The molecular weight excluding hydrogens is 231 g/mol. The van der Waals surface area contributed by atoms with Gasteiger partial charge in [-0.15, -0.1) is 0 Å². The lowest BCUT2D eigenvalue weighted by Gasteiger charge is -2.25. The van der Waals surface area contributed by atoms with E-state index in [1.165, 1.54) is 18.9 Å². The number of nitrogens with two attached hydrogens (primary N) is 1. The Morgan fingerprint density at radius 1 is 1.39 bits per heavy atom. The predicted molar refractivity (Wildman–Crippen MR) is 72.6 cm³/mol. The number of nitrogens with zero attached hydrogens (tertiary/aromatic N) is 1. The lowest BCUT2D eigenvalue weighted by molar-refractivity contribution is 0.301. The monoisotopic (exact) mass is 252 g/mol. The van der Waals surface area contributed by atoms with Gasteiger partial charge in [-0.1, -0.05) is 6.92 Å². The second-order valence-electron chi connectivity index (χ2n) is 4.71. The SMILES string of the molecule is CCCOc1cc(N(CC)C2CC2)c(N)cc1F. The summed E-state index contributed by atoms with van der Waals surface area (Å²) in [7, 11) is 0. The zero-order valence-electron chi connectivity index (χ0n) is 11.1. The van der Waals surface area contributed by atoms with Gasteiger partial charge in [-0.2, -0.15) is 0 Å². The summed E-state index contributed by atoms with van der Waals surface area (Å²) in [5, 5.41) is 0. The van der Waals surface area contributed by atoms with Crippen LogP contribution in [0.3, 0.4) is 0 Å². The van der Waals surface area contributed by atoms with Crippen molar-refractivity contribution in [2.45, 2.75) is 39.2 Å². The van der Waals surface area contributed by atoms with E-state index in [2.05, 4.69) is 11.8 Å². The lowest BCUT2D eigenvalue weighted by atomic mass is 10.2. The van der Waals surface area contributed by atoms with E-state index in [9.17, 15) is 4.39 Å². The molecule has 0 saturated heterocycles. The van der Waals surface area contributed by atoms with Crippen LogP contribution in [0.15, 0.2) is 12.1 Å². The first-order chi connectivity index (χ1) is 8.67. The molecule has 0 atom stereocenters. The second kappa shape index (κ2) is 5.46. The molecule has 100 valence electrons. The highest BCUT2D eigenvalue weighted by molar-refractivity contribution is 5.70. The van der Waals surface area contributed by atoms with E-state index >= 15 is 0 Å². The van der Waals surface area contributed by atoms with Gasteiger partial charge in [0.15, 0.2) is 11.6 Å². The van der Waals surface area contributed by atoms with E-state index < -0.39 is 0 Å². The van der Waals surface area contributed by atoms with Crippen molar-refractivity contribution in [1.82, 2.24) is 0 Å². The highest BCUT2D eigenvalue weighted by atomic mass is 19.1. The van der Waals surface area contributed by atoms with Gasteiger partial charge in [-0.3, -0.25) is 0 Å². The summed E-state index contributed by atoms with van der Waals surface area (Å²) in [6.45, 7) is 5.50. The Morgan fingerprint density at radius 3 is 2.67 bits per heavy atom. The molecule has 0 aromatic heterocycles. The Morgan fingerprint density at radius 2 is 2.11 bits per heavy atom. The third-order valence-electron chi connectivity index (χ3n) is 3.18. The number of hydrogen-bond donors (Lipinski definition) is 1. The van der Waals surface area contributed by atoms with E-state index in [4.69, 9.17) is 10.5 Å². The minimum Gasteiger partial charge on any atom is -0.490 e. The Bertz CT molecular complexity index is 419. The van der Waals surface area contributed by atoms with Crippen molar-refractivity contribution in [3.05, 3.63) is 17.9 Å². The summed E-state index contributed by atoms with van der Waals surface area (Å²) in [5.74, 6) is -0.0725. The van der Waals surface area contributed by atoms with Crippen LogP contribution in [0.1, 0.15) is 33.1 Å². The van der Waals surface area contributed by atoms with Crippen molar-refractivity contribution >= 4 is 11.4 Å². The van der Waals surface area contributed by atoms with Crippen LogP contribution in [0.25, 0.3) is 0 Å². The summed E-state index contributed by atoms with van der Waals surface area (Å²) in [5.41, 5.74) is 7.31. The molecule has 3 nitrogen and oxygen atoms in total. The maximum atomic E-state index is 13.7. The predicted octanol–water partition coefficient (Wildman–Crippen LogP) is 3.19. The lowest BCUT2D eigenvalue weighted by Crippen LogP contribution is -2.26. The van der Waals surface area contributed by atoms with Crippen molar-refractivity contribution in [3.63, 3.8) is 0 Å². The fourth-order valence-corrected chi connectivity index (χ4v) is 2.14. The Hall–Kier alpha value is -1.45. The molecule has 2 rings (SSSR count). The smallest absolute Gasteiger partial charge is 0.167 e. The molecule has 0 unspecified atom stereocenters. The third-order valence-corrected chi connectivity index (χ3v) is 3.18. The van der Waals surface area contributed by atoms with Crippen molar-refractivity contribution in [1.29, 1.82) is 0 Å². The van der Waals surface area contributed by atoms with Crippen molar-refractivity contribution in [2.24, 2.45) is 0 Å². The van der Waals surface area contributed by atoms with Gasteiger partial charge in [-0.05, 0) is 26.2 Å². The third kappa shape index (κ3) is 2.68. The maximum Gasteiger partial charge on any atom is 0.167 e. The Labute approximate surface area is 108 Å². The average Bonchev–Trinajstić information content (AvgIpc) is 3.16. The highest BCUT2D eigenvalue weighted by Gasteiger charge is 2.29. The molecule has 1 aliphatic carbocycles. The molecule has 0 bridgehead atoms. The number of benzene rings is 1. The van der Waals surface area contributed by atoms with Crippen LogP contribution in [0.5, 0.6) is 5.75 Å². The molecule has 18 heavy (non-hydrogen) atoms. The Kier molecular flexibility index (Phi) is 3.94. The normalized spacial score (nSPS) is 14.6. The maximum absolute atomic E-state index is 13.7. The molecule has 1 aromatic carbocycles. The summed E-state index contributed by atoms with van der Waals surface area (Å²) in [6.07, 6.45) is 3.24. The molecular formula is C14H21FN2O. The summed E-state index contributed by atoms with van der Waals surface area (Å²) in [4.78, 5) is 2.23. The average molecular weight is 252 g/mol. The first-order valence-corrected chi connectivity index (χ1v) is 6.65. The van der Waals surface area contributed by atoms with E-state index in [0.29, 0.717) is 24.1 Å². The van der Waals surface area contributed by atoms with Gasteiger partial charge in [0.2, 0.25) is 0 Å². The molecule has 1 aromatic rings. The minimum absolute atomic E-state index is 0.306. The topological polar surface area (TPSA) is 38.5 Å². The summed E-state index contributed by atoms with van der Waals surface area (Å²) >= 11 is 0. The van der Waals surface area contributed by atoms with Crippen LogP contribution in [-0.4, -0.2) is 19.2 Å². The van der Waals surface area contributed by atoms with E-state index in [1.54, 1.807) is 6.07 Å². The van der Waals surface area contributed by atoms with Crippen LogP contribution in [-0.2, 0) is 0 Å². The zero-order chi connectivity index (χ0) is 13.1. The van der Waals surface area contributed by atoms with Crippen LogP contribution in [0.4, 0.5) is 15.8 Å². The number of ether oxygens (including phenoxy) is 1. The van der Waals surface area contributed by atoms with E-state index in [0.717, 1.165) is 18.7 Å². The zero-order valence-corrected chi connectivity index (χ0v) is 11.1.